The molecule has 0 spiro atoms. The number of aliphatic hydroxyl groups is 1. The van der Waals surface area contributed by atoms with Gasteiger partial charge in [0.2, 0.25) is 5.91 Å². The zero-order chi connectivity index (χ0) is 31.5. The first kappa shape index (κ1) is 32.4. The highest BCUT2D eigenvalue weighted by Gasteiger charge is 2.49. The summed E-state index contributed by atoms with van der Waals surface area (Å²) >= 11 is 7.64. The molecule has 228 valence electrons. The van der Waals surface area contributed by atoms with Crippen molar-refractivity contribution in [1.29, 1.82) is 0 Å². The summed E-state index contributed by atoms with van der Waals surface area (Å²) in [7, 11) is 0. The zero-order valence-corrected chi connectivity index (χ0v) is 26.6. The Morgan fingerprint density at radius 3 is 2.37 bits per heavy atom. The maximum atomic E-state index is 13.9. The fourth-order valence-electron chi connectivity index (χ4n) is 5.43. The van der Waals surface area contributed by atoms with E-state index in [0.717, 1.165) is 16.7 Å². The molecule has 3 atom stereocenters. The van der Waals surface area contributed by atoms with E-state index in [9.17, 15) is 24.6 Å². The number of rotatable bonds is 9. The second kappa shape index (κ2) is 13.4. The van der Waals surface area contributed by atoms with E-state index in [1.165, 1.54) is 22.7 Å². The van der Waals surface area contributed by atoms with Gasteiger partial charge in [0, 0.05) is 27.4 Å². The molecule has 0 aliphatic carbocycles. The molecule has 1 aliphatic heterocycles. The molecule has 1 saturated heterocycles. The number of carbonyl (C=O) groups is 3. The minimum absolute atomic E-state index is 0.0401. The Bertz CT molecular complexity index is 1510. The van der Waals surface area contributed by atoms with Crippen LogP contribution in [0.2, 0.25) is 5.02 Å². The Labute approximate surface area is 261 Å². The van der Waals surface area contributed by atoms with Crippen molar-refractivity contribution in [3.8, 4) is 5.75 Å². The normalized spacial score (nSPS) is 17.3. The van der Waals surface area contributed by atoms with E-state index < -0.39 is 34.7 Å². The number of carbonyl (C=O) groups excluding carboxylic acids is 3. The van der Waals surface area contributed by atoms with Crippen LogP contribution in [-0.4, -0.2) is 61.6 Å². The Balaban J connectivity index is 1.58. The van der Waals surface area contributed by atoms with Gasteiger partial charge in [-0.05, 0) is 87.6 Å². The van der Waals surface area contributed by atoms with Gasteiger partial charge in [0.15, 0.2) is 6.10 Å². The van der Waals surface area contributed by atoms with Gasteiger partial charge < -0.3 is 25.7 Å². The number of phenolic OH excluding ortho intramolecular Hbond substituents is 1. The summed E-state index contributed by atoms with van der Waals surface area (Å²) < 4.78 is -0.620. The second-order valence-corrected chi connectivity index (χ2v) is 13.5. The maximum Gasteiger partial charge on any atom is 0.254 e. The van der Waals surface area contributed by atoms with Crippen LogP contribution in [0.4, 0.5) is 0 Å². The van der Waals surface area contributed by atoms with Crippen LogP contribution in [0.5, 0.6) is 5.75 Å². The van der Waals surface area contributed by atoms with Crippen molar-refractivity contribution in [2.75, 3.05) is 5.88 Å². The molecule has 0 radical (unpaired) electrons. The summed E-state index contributed by atoms with van der Waals surface area (Å²) in [6, 6.07) is 15.6. The number of hydrogen-bond donors (Lipinski definition) is 4. The van der Waals surface area contributed by atoms with Crippen LogP contribution in [0.1, 0.15) is 52.0 Å². The first-order chi connectivity index (χ1) is 20.3. The Kier molecular flexibility index (Phi) is 10.1. The fraction of sp³-hybridized carbons (Fsp3) is 0.364. The zero-order valence-electron chi connectivity index (χ0n) is 25.0. The van der Waals surface area contributed by atoms with Crippen LogP contribution in [0.3, 0.4) is 0 Å². The highest BCUT2D eigenvalue weighted by atomic mass is 35.5. The highest BCUT2D eigenvalue weighted by molar-refractivity contribution is 8.00. The maximum absolute atomic E-state index is 13.9. The van der Waals surface area contributed by atoms with Gasteiger partial charge in [-0.25, -0.2) is 0 Å². The van der Waals surface area contributed by atoms with Crippen LogP contribution < -0.4 is 10.6 Å². The summed E-state index contributed by atoms with van der Waals surface area (Å²) in [5, 5.41) is 27.9. The third kappa shape index (κ3) is 7.34. The van der Waals surface area contributed by atoms with Crippen LogP contribution >= 0.6 is 23.4 Å². The molecule has 0 aromatic heterocycles. The molecule has 1 fully saturated rings. The fourth-order valence-corrected chi connectivity index (χ4v) is 6.78. The number of nitrogens with zero attached hydrogens (tertiary/aromatic N) is 1. The van der Waals surface area contributed by atoms with Crippen molar-refractivity contribution in [3.05, 3.63) is 99.1 Å². The van der Waals surface area contributed by atoms with Crippen LogP contribution in [-0.2, 0) is 22.6 Å². The minimum atomic E-state index is -1.66. The number of aliphatic hydroxyl groups excluding tert-OH is 1. The van der Waals surface area contributed by atoms with Gasteiger partial charge in [-0.15, -0.1) is 11.8 Å². The van der Waals surface area contributed by atoms with E-state index in [4.69, 9.17) is 11.6 Å². The number of amides is 3. The standard InChI is InChI=1S/C33H38ClN3O5S/c1-19-9-6-10-20(2)25(19)17-35-31(41)29-33(4,5)43-18-37(29)32(42)28(39)26(16-22-11-7-12-23(34)15-22)36-30(40)24-13-8-14-27(38)21(24)3/h6-15,26,28-29,38-39H,16-18H2,1-5H3,(H,35,41)(H,36,40)/t26-,28-,29?/m0/s1. The van der Waals surface area contributed by atoms with E-state index in [-0.39, 0.29) is 29.5 Å². The molecule has 4 N–H and O–H groups in total. The summed E-state index contributed by atoms with van der Waals surface area (Å²) in [5.41, 5.74) is 4.44. The number of halogens is 1. The topological polar surface area (TPSA) is 119 Å². The van der Waals surface area contributed by atoms with Gasteiger partial charge in [0.25, 0.3) is 11.8 Å². The molecular formula is C33H38ClN3O5S. The Morgan fingerprint density at radius 1 is 1.05 bits per heavy atom. The number of nitrogens with one attached hydrogen (secondary N) is 2. The van der Waals surface area contributed by atoms with Crippen molar-refractivity contribution in [2.24, 2.45) is 0 Å². The molecule has 1 aliphatic rings. The average molecular weight is 624 g/mol. The van der Waals surface area contributed by atoms with E-state index >= 15 is 0 Å². The molecule has 3 aromatic carbocycles. The first-order valence-corrected chi connectivity index (χ1v) is 15.5. The number of hydrogen-bond acceptors (Lipinski definition) is 6. The van der Waals surface area contributed by atoms with E-state index in [2.05, 4.69) is 10.6 Å². The van der Waals surface area contributed by atoms with Crippen molar-refractivity contribution in [2.45, 2.75) is 70.5 Å². The predicted octanol–water partition coefficient (Wildman–Crippen LogP) is 4.67. The number of aryl methyl sites for hydroxylation is 2. The quantitative estimate of drug-likeness (QED) is 0.275. The van der Waals surface area contributed by atoms with Crippen molar-refractivity contribution >= 4 is 41.1 Å². The molecule has 1 unspecified atom stereocenters. The summed E-state index contributed by atoms with van der Waals surface area (Å²) in [6.07, 6.45) is -1.56. The van der Waals surface area contributed by atoms with Crippen LogP contribution in [0.25, 0.3) is 0 Å². The molecular weight excluding hydrogens is 586 g/mol. The van der Waals surface area contributed by atoms with Crippen LogP contribution in [0.15, 0.2) is 60.7 Å². The van der Waals surface area contributed by atoms with Gasteiger partial charge in [0.1, 0.15) is 11.8 Å². The highest BCUT2D eigenvalue weighted by Crippen LogP contribution is 2.40. The van der Waals surface area contributed by atoms with Crippen LogP contribution in [0, 0.1) is 20.8 Å². The van der Waals surface area contributed by atoms with Crippen molar-refractivity contribution in [3.63, 3.8) is 0 Å². The third-order valence-corrected chi connectivity index (χ3v) is 9.62. The van der Waals surface area contributed by atoms with E-state index in [1.54, 1.807) is 43.3 Å². The summed E-state index contributed by atoms with van der Waals surface area (Å²) in [6.45, 7) is 9.71. The number of benzene rings is 3. The first-order valence-electron chi connectivity index (χ1n) is 14.1. The van der Waals surface area contributed by atoms with Gasteiger partial charge >= 0.3 is 0 Å². The monoisotopic (exact) mass is 623 g/mol. The van der Waals surface area contributed by atoms with E-state index in [0.29, 0.717) is 22.7 Å². The molecule has 0 bridgehead atoms. The van der Waals surface area contributed by atoms with Gasteiger partial charge in [-0.1, -0.05) is 48.0 Å². The lowest BCUT2D eigenvalue weighted by atomic mass is 9.96. The number of thioether (sulfide) groups is 1. The predicted molar refractivity (Wildman–Crippen MR) is 170 cm³/mol. The average Bonchev–Trinajstić information content (AvgIpc) is 3.27. The molecule has 4 rings (SSSR count). The molecule has 3 amide bonds. The number of phenols is 1. The lowest BCUT2D eigenvalue weighted by molar-refractivity contribution is -0.147. The third-order valence-electron chi connectivity index (χ3n) is 8.01. The second-order valence-electron chi connectivity index (χ2n) is 11.5. The minimum Gasteiger partial charge on any atom is -0.508 e. The van der Waals surface area contributed by atoms with Gasteiger partial charge in [-0.2, -0.15) is 0 Å². The lowest BCUT2D eigenvalue weighted by Crippen LogP contribution is -2.58. The summed E-state index contributed by atoms with van der Waals surface area (Å²) in [4.78, 5) is 42.3. The molecule has 8 nitrogen and oxygen atoms in total. The SMILES string of the molecule is Cc1cccc(C)c1CNC(=O)C1N(C(=O)[C@@H](O)[C@H](Cc2cccc(Cl)c2)NC(=O)c2cccc(O)c2C)CSC1(C)C. The van der Waals surface area contributed by atoms with Gasteiger partial charge in [-0.3, -0.25) is 14.4 Å². The molecule has 0 saturated carbocycles. The molecule has 1 heterocycles. The molecule has 10 heteroatoms. The number of aromatic hydroxyl groups is 1. The van der Waals surface area contributed by atoms with Crippen molar-refractivity contribution < 1.29 is 24.6 Å². The Hall–Kier alpha value is -3.53. The lowest BCUT2D eigenvalue weighted by Gasteiger charge is -2.33. The Morgan fingerprint density at radius 2 is 1.70 bits per heavy atom. The van der Waals surface area contributed by atoms with Crippen molar-refractivity contribution in [1.82, 2.24) is 15.5 Å². The smallest absolute Gasteiger partial charge is 0.254 e. The molecule has 43 heavy (non-hydrogen) atoms. The van der Waals surface area contributed by atoms with Gasteiger partial charge in [0.05, 0.1) is 11.9 Å². The van der Waals surface area contributed by atoms with E-state index in [1.807, 2.05) is 45.9 Å². The molecule has 3 aromatic rings. The largest absolute Gasteiger partial charge is 0.508 e. The summed E-state index contributed by atoms with van der Waals surface area (Å²) in [5.74, 6) is -1.37.